The van der Waals surface area contributed by atoms with Crippen LogP contribution < -0.4 is 5.32 Å². The summed E-state index contributed by atoms with van der Waals surface area (Å²) in [6.07, 6.45) is 1.03. The minimum absolute atomic E-state index is 0.219. The van der Waals surface area contributed by atoms with Gasteiger partial charge in [0.2, 0.25) is 0 Å². The number of rotatable bonds is 5. The van der Waals surface area contributed by atoms with Gasteiger partial charge in [0.05, 0.1) is 6.04 Å². The lowest BCUT2D eigenvalue weighted by Crippen LogP contribution is -2.18. The number of benzene rings is 2. The molecule has 1 unspecified atom stereocenters. The summed E-state index contributed by atoms with van der Waals surface area (Å²) in [5, 5.41) is 3.12. The number of halogens is 2. The summed E-state index contributed by atoms with van der Waals surface area (Å²) >= 11 is 0. The zero-order valence-electron chi connectivity index (χ0n) is 12.7. The van der Waals surface area contributed by atoms with E-state index in [1.54, 1.807) is 7.05 Å². The molecule has 0 radical (unpaired) electrons. The highest BCUT2D eigenvalue weighted by Gasteiger charge is 2.14. The van der Waals surface area contributed by atoms with Crippen molar-refractivity contribution in [3.05, 3.63) is 70.8 Å². The zero-order valence-corrected chi connectivity index (χ0v) is 12.7. The fourth-order valence-electron chi connectivity index (χ4n) is 2.59. The smallest absolute Gasteiger partial charge is 0.126 e. The molecule has 0 aliphatic rings. The van der Waals surface area contributed by atoms with Crippen molar-refractivity contribution in [1.82, 2.24) is 5.32 Å². The molecule has 0 amide bonds. The van der Waals surface area contributed by atoms with E-state index in [0.29, 0.717) is 11.5 Å². The molecule has 0 saturated carbocycles. The molecule has 1 nitrogen and oxygen atoms in total. The number of hydrogen-bond acceptors (Lipinski definition) is 1. The standard InChI is InChI=1S/C18H21F2N/c1-12(2)8-13-4-6-14(7-5-13)18(21-3)15-9-16(19)11-17(20)10-15/h4-7,9-12,18,21H,8H2,1-3H3. The lowest BCUT2D eigenvalue weighted by Gasteiger charge is -2.18. The normalized spacial score (nSPS) is 12.7. The van der Waals surface area contributed by atoms with Crippen LogP contribution in [-0.2, 0) is 6.42 Å². The van der Waals surface area contributed by atoms with Gasteiger partial charge in [0.15, 0.2) is 0 Å². The molecule has 3 heteroatoms. The summed E-state index contributed by atoms with van der Waals surface area (Å²) in [5.41, 5.74) is 2.86. The topological polar surface area (TPSA) is 12.0 Å². The second kappa shape index (κ2) is 6.81. The summed E-state index contributed by atoms with van der Waals surface area (Å²) in [6.45, 7) is 4.36. The van der Waals surface area contributed by atoms with Crippen LogP contribution in [0.15, 0.2) is 42.5 Å². The first kappa shape index (κ1) is 15.6. The highest BCUT2D eigenvalue weighted by molar-refractivity contribution is 5.34. The van der Waals surface area contributed by atoms with Crippen LogP contribution in [0.25, 0.3) is 0 Å². The Bertz CT molecular complexity index is 570. The van der Waals surface area contributed by atoms with Crippen molar-refractivity contribution in [3.63, 3.8) is 0 Å². The van der Waals surface area contributed by atoms with Gasteiger partial charge in [-0.3, -0.25) is 0 Å². The summed E-state index contributed by atoms with van der Waals surface area (Å²) in [6, 6.07) is 11.6. The average molecular weight is 289 g/mol. The second-order valence-corrected chi connectivity index (χ2v) is 5.76. The quantitative estimate of drug-likeness (QED) is 0.856. The van der Waals surface area contributed by atoms with E-state index in [2.05, 4.69) is 31.3 Å². The molecule has 0 saturated heterocycles. The van der Waals surface area contributed by atoms with Gasteiger partial charge >= 0.3 is 0 Å². The van der Waals surface area contributed by atoms with Crippen molar-refractivity contribution in [2.45, 2.75) is 26.3 Å². The predicted molar refractivity (Wildman–Crippen MR) is 82.2 cm³/mol. The van der Waals surface area contributed by atoms with Crippen molar-refractivity contribution in [1.29, 1.82) is 0 Å². The van der Waals surface area contributed by atoms with E-state index in [9.17, 15) is 8.78 Å². The van der Waals surface area contributed by atoms with Crippen LogP contribution >= 0.6 is 0 Å². The van der Waals surface area contributed by atoms with E-state index in [4.69, 9.17) is 0 Å². The van der Waals surface area contributed by atoms with Crippen molar-refractivity contribution in [3.8, 4) is 0 Å². The van der Waals surface area contributed by atoms with Crippen LogP contribution in [0.3, 0.4) is 0 Å². The summed E-state index contributed by atoms with van der Waals surface area (Å²) in [7, 11) is 1.79. The Morgan fingerprint density at radius 3 is 1.95 bits per heavy atom. The predicted octanol–water partition coefficient (Wildman–Crippen LogP) is 4.47. The van der Waals surface area contributed by atoms with Crippen molar-refractivity contribution in [2.24, 2.45) is 5.92 Å². The molecular formula is C18H21F2N. The summed E-state index contributed by atoms with van der Waals surface area (Å²) in [4.78, 5) is 0. The van der Waals surface area contributed by atoms with Gasteiger partial charge in [-0.25, -0.2) is 8.78 Å². The molecule has 0 bridgehead atoms. The monoisotopic (exact) mass is 289 g/mol. The Labute approximate surface area is 125 Å². The molecule has 2 rings (SSSR count). The molecular weight excluding hydrogens is 268 g/mol. The zero-order chi connectivity index (χ0) is 15.4. The van der Waals surface area contributed by atoms with Gasteiger partial charge in [-0.1, -0.05) is 38.1 Å². The van der Waals surface area contributed by atoms with Crippen molar-refractivity contribution >= 4 is 0 Å². The highest BCUT2D eigenvalue weighted by atomic mass is 19.1. The van der Waals surface area contributed by atoms with Crippen LogP contribution in [0.5, 0.6) is 0 Å². The number of hydrogen-bond donors (Lipinski definition) is 1. The maximum Gasteiger partial charge on any atom is 0.126 e. The Morgan fingerprint density at radius 2 is 1.48 bits per heavy atom. The van der Waals surface area contributed by atoms with Gasteiger partial charge in [-0.15, -0.1) is 0 Å². The third kappa shape index (κ3) is 4.11. The molecule has 2 aromatic carbocycles. The lowest BCUT2D eigenvalue weighted by atomic mass is 9.95. The largest absolute Gasteiger partial charge is 0.309 e. The maximum absolute atomic E-state index is 13.4. The van der Waals surface area contributed by atoms with Crippen LogP contribution in [0.1, 0.15) is 36.6 Å². The molecule has 0 spiro atoms. The molecule has 0 aliphatic heterocycles. The fourth-order valence-corrected chi connectivity index (χ4v) is 2.59. The minimum atomic E-state index is -0.554. The summed E-state index contributed by atoms with van der Waals surface area (Å²) < 4.78 is 26.8. The third-order valence-electron chi connectivity index (χ3n) is 3.46. The average Bonchev–Trinajstić information content (AvgIpc) is 2.40. The van der Waals surface area contributed by atoms with E-state index >= 15 is 0 Å². The van der Waals surface area contributed by atoms with Crippen LogP contribution in [0, 0.1) is 17.6 Å². The molecule has 0 aliphatic carbocycles. The molecule has 0 heterocycles. The minimum Gasteiger partial charge on any atom is -0.309 e. The Kier molecular flexibility index (Phi) is 5.07. The van der Waals surface area contributed by atoms with Gasteiger partial charge in [-0.2, -0.15) is 0 Å². The van der Waals surface area contributed by atoms with E-state index < -0.39 is 11.6 Å². The highest BCUT2D eigenvalue weighted by Crippen LogP contribution is 2.24. The Balaban J connectivity index is 2.28. The van der Waals surface area contributed by atoms with Crippen LogP contribution in [-0.4, -0.2) is 7.05 Å². The molecule has 0 fully saturated rings. The van der Waals surface area contributed by atoms with Crippen molar-refractivity contribution in [2.75, 3.05) is 7.05 Å². The molecule has 1 atom stereocenters. The number of nitrogens with one attached hydrogen (secondary N) is 1. The van der Waals surface area contributed by atoms with E-state index in [1.807, 2.05) is 12.1 Å². The Morgan fingerprint density at radius 1 is 0.905 bits per heavy atom. The Hall–Kier alpha value is -1.74. The van der Waals surface area contributed by atoms with Crippen LogP contribution in [0.4, 0.5) is 8.78 Å². The van der Waals surface area contributed by atoms with E-state index in [1.165, 1.54) is 17.7 Å². The lowest BCUT2D eigenvalue weighted by molar-refractivity contribution is 0.571. The van der Waals surface area contributed by atoms with Gasteiger partial charge in [0.25, 0.3) is 0 Å². The first-order chi connectivity index (χ1) is 9.99. The second-order valence-electron chi connectivity index (χ2n) is 5.76. The molecule has 21 heavy (non-hydrogen) atoms. The van der Waals surface area contributed by atoms with E-state index in [0.717, 1.165) is 18.1 Å². The van der Waals surface area contributed by atoms with Gasteiger partial charge < -0.3 is 5.32 Å². The van der Waals surface area contributed by atoms with Crippen molar-refractivity contribution < 1.29 is 8.78 Å². The molecule has 0 aromatic heterocycles. The molecule has 2 aromatic rings. The molecule has 1 N–H and O–H groups in total. The van der Waals surface area contributed by atoms with E-state index in [-0.39, 0.29) is 6.04 Å². The SMILES string of the molecule is CNC(c1ccc(CC(C)C)cc1)c1cc(F)cc(F)c1. The van der Waals surface area contributed by atoms with Crippen LogP contribution in [0.2, 0.25) is 0 Å². The third-order valence-corrected chi connectivity index (χ3v) is 3.46. The van der Waals surface area contributed by atoms with Gasteiger partial charge in [0, 0.05) is 6.07 Å². The fraction of sp³-hybridized carbons (Fsp3) is 0.333. The van der Waals surface area contributed by atoms with Gasteiger partial charge in [-0.05, 0) is 48.2 Å². The molecule has 112 valence electrons. The summed E-state index contributed by atoms with van der Waals surface area (Å²) in [5.74, 6) is -0.503. The van der Waals surface area contributed by atoms with Gasteiger partial charge in [0.1, 0.15) is 11.6 Å². The maximum atomic E-state index is 13.4. The first-order valence-corrected chi connectivity index (χ1v) is 7.21. The first-order valence-electron chi connectivity index (χ1n) is 7.21.